The summed E-state index contributed by atoms with van der Waals surface area (Å²) < 4.78 is 1.53. The highest BCUT2D eigenvalue weighted by Crippen LogP contribution is 2.14. The third kappa shape index (κ3) is 1.99. The van der Waals surface area contributed by atoms with Crippen molar-refractivity contribution in [1.29, 1.82) is 0 Å². The summed E-state index contributed by atoms with van der Waals surface area (Å²) in [5.41, 5.74) is 2.33. The van der Waals surface area contributed by atoms with Crippen LogP contribution in [-0.2, 0) is 6.54 Å². The highest BCUT2D eigenvalue weighted by atomic mass is 35.5. The molecule has 0 bridgehead atoms. The van der Waals surface area contributed by atoms with Gasteiger partial charge in [-0.3, -0.25) is 14.9 Å². The van der Waals surface area contributed by atoms with E-state index in [-0.39, 0.29) is 0 Å². The van der Waals surface area contributed by atoms with Crippen LogP contribution in [0.3, 0.4) is 0 Å². The van der Waals surface area contributed by atoms with Crippen LogP contribution in [0, 0.1) is 0 Å². The van der Waals surface area contributed by atoms with Crippen LogP contribution in [0.4, 0.5) is 0 Å². The number of nitrogens with two attached hydrogens (primary N) is 1. The van der Waals surface area contributed by atoms with Crippen LogP contribution in [-0.4, -0.2) is 15.7 Å². The summed E-state index contributed by atoms with van der Waals surface area (Å²) in [6.07, 6.45) is 2.31. The molecule has 1 aromatic rings. The maximum atomic E-state index is 11.2. The fraction of sp³-hybridized carbons (Fsp3) is 0.429. The first kappa shape index (κ1) is 10.0. The average molecular weight is 203 g/mol. The minimum Gasteiger partial charge on any atom is -0.289 e. The zero-order valence-electron chi connectivity index (χ0n) is 7.25. The predicted octanol–water partition coefficient (Wildman–Crippen LogP) is 0.550. The molecule has 72 valence electrons. The summed E-state index contributed by atoms with van der Waals surface area (Å²) >= 11 is 5.75. The maximum absolute atomic E-state index is 11.2. The quantitative estimate of drug-likeness (QED) is 0.427. The highest BCUT2D eigenvalue weighted by molar-refractivity contribution is 6.33. The second kappa shape index (κ2) is 4.25. The molecule has 0 aliphatic rings. The molecule has 0 fully saturated rings. The lowest BCUT2D eigenvalue weighted by Crippen LogP contribution is -2.32. The number of carbonyl (C=O) groups is 1. The predicted molar refractivity (Wildman–Crippen MR) is 49.2 cm³/mol. The second-order valence-electron chi connectivity index (χ2n) is 2.54. The SMILES string of the molecule is CCCn1ncc(Cl)c1C(=O)NN. The van der Waals surface area contributed by atoms with Crippen LogP contribution in [0.5, 0.6) is 0 Å². The Morgan fingerprint density at radius 2 is 2.54 bits per heavy atom. The molecule has 0 aliphatic heterocycles. The Hall–Kier alpha value is -1.07. The number of hydrogen-bond donors (Lipinski definition) is 2. The standard InChI is InChI=1S/C7H11ClN4O/c1-2-3-12-6(7(13)11-9)5(8)4-10-12/h4H,2-3,9H2,1H3,(H,11,13). The van der Waals surface area contributed by atoms with Crippen molar-refractivity contribution in [2.45, 2.75) is 19.9 Å². The van der Waals surface area contributed by atoms with E-state index >= 15 is 0 Å². The van der Waals surface area contributed by atoms with Crippen molar-refractivity contribution in [2.24, 2.45) is 5.84 Å². The van der Waals surface area contributed by atoms with Gasteiger partial charge in [-0.25, -0.2) is 5.84 Å². The Morgan fingerprint density at radius 3 is 3.08 bits per heavy atom. The molecule has 3 N–H and O–H groups in total. The molecule has 6 heteroatoms. The van der Waals surface area contributed by atoms with E-state index in [4.69, 9.17) is 17.4 Å². The van der Waals surface area contributed by atoms with Gasteiger partial charge in [-0.05, 0) is 6.42 Å². The van der Waals surface area contributed by atoms with Crippen LogP contribution in [0.1, 0.15) is 23.8 Å². The lowest BCUT2D eigenvalue weighted by Gasteiger charge is -2.04. The second-order valence-corrected chi connectivity index (χ2v) is 2.94. The molecule has 0 spiro atoms. The number of hydrazine groups is 1. The molecule has 0 atom stereocenters. The van der Waals surface area contributed by atoms with E-state index in [9.17, 15) is 4.79 Å². The number of nitrogens with zero attached hydrogens (tertiary/aromatic N) is 2. The molecule has 1 aromatic heterocycles. The van der Waals surface area contributed by atoms with Crippen molar-refractivity contribution in [3.05, 3.63) is 16.9 Å². The number of hydrogen-bond acceptors (Lipinski definition) is 3. The summed E-state index contributed by atoms with van der Waals surface area (Å²) in [5, 5.41) is 4.26. The van der Waals surface area contributed by atoms with E-state index in [0.29, 0.717) is 17.3 Å². The van der Waals surface area contributed by atoms with Crippen molar-refractivity contribution in [1.82, 2.24) is 15.2 Å². The van der Waals surface area contributed by atoms with Gasteiger partial charge >= 0.3 is 0 Å². The van der Waals surface area contributed by atoms with Crippen molar-refractivity contribution >= 4 is 17.5 Å². The molecule has 1 rings (SSSR count). The maximum Gasteiger partial charge on any atom is 0.284 e. The molecule has 5 nitrogen and oxygen atoms in total. The summed E-state index contributed by atoms with van der Waals surface area (Å²) in [5.74, 6) is 4.58. The number of aromatic nitrogens is 2. The molecule has 0 unspecified atom stereocenters. The Labute approximate surface area is 80.8 Å². The number of amides is 1. The van der Waals surface area contributed by atoms with E-state index in [1.807, 2.05) is 12.3 Å². The van der Waals surface area contributed by atoms with Crippen LogP contribution < -0.4 is 11.3 Å². The first-order chi connectivity index (χ1) is 6.20. The van der Waals surface area contributed by atoms with E-state index in [1.165, 1.54) is 10.9 Å². The summed E-state index contributed by atoms with van der Waals surface area (Å²) in [7, 11) is 0. The van der Waals surface area contributed by atoms with Crippen molar-refractivity contribution in [2.75, 3.05) is 0 Å². The third-order valence-electron chi connectivity index (χ3n) is 1.58. The number of nitrogens with one attached hydrogen (secondary N) is 1. The smallest absolute Gasteiger partial charge is 0.284 e. The van der Waals surface area contributed by atoms with Gasteiger partial charge in [0.15, 0.2) is 0 Å². The minimum atomic E-state index is -0.420. The number of carbonyl (C=O) groups excluding carboxylic acids is 1. The van der Waals surface area contributed by atoms with E-state index in [0.717, 1.165) is 6.42 Å². The van der Waals surface area contributed by atoms with Gasteiger partial charge in [0.2, 0.25) is 0 Å². The van der Waals surface area contributed by atoms with Crippen molar-refractivity contribution < 1.29 is 4.79 Å². The molecule has 1 heterocycles. The number of halogens is 1. The van der Waals surface area contributed by atoms with Crippen LogP contribution >= 0.6 is 11.6 Å². The molecule has 0 radical (unpaired) electrons. The zero-order chi connectivity index (χ0) is 9.84. The molecule has 0 aromatic carbocycles. The molecular formula is C7H11ClN4O. The van der Waals surface area contributed by atoms with Crippen molar-refractivity contribution in [3.63, 3.8) is 0 Å². The van der Waals surface area contributed by atoms with Gasteiger partial charge in [0.05, 0.1) is 11.2 Å². The van der Waals surface area contributed by atoms with Crippen molar-refractivity contribution in [3.8, 4) is 0 Å². The summed E-state index contributed by atoms with van der Waals surface area (Å²) in [4.78, 5) is 11.2. The Kier molecular flexibility index (Phi) is 3.27. The first-order valence-electron chi connectivity index (χ1n) is 3.93. The highest BCUT2D eigenvalue weighted by Gasteiger charge is 2.15. The van der Waals surface area contributed by atoms with E-state index in [1.54, 1.807) is 0 Å². The number of rotatable bonds is 3. The molecular weight excluding hydrogens is 192 g/mol. The number of nitrogen functional groups attached to an aromatic ring is 1. The lowest BCUT2D eigenvalue weighted by molar-refractivity contribution is 0.0943. The topological polar surface area (TPSA) is 72.9 Å². The molecule has 13 heavy (non-hydrogen) atoms. The van der Waals surface area contributed by atoms with Crippen LogP contribution in [0.25, 0.3) is 0 Å². The molecule has 0 saturated heterocycles. The summed E-state index contributed by atoms with van der Waals surface area (Å²) in [6.45, 7) is 2.63. The zero-order valence-corrected chi connectivity index (χ0v) is 8.01. The van der Waals surface area contributed by atoms with Crippen LogP contribution in [0.15, 0.2) is 6.20 Å². The fourth-order valence-corrected chi connectivity index (χ4v) is 1.26. The van der Waals surface area contributed by atoms with Gasteiger partial charge < -0.3 is 0 Å². The minimum absolute atomic E-state index is 0.311. The Morgan fingerprint density at radius 1 is 1.85 bits per heavy atom. The van der Waals surface area contributed by atoms with E-state index in [2.05, 4.69) is 5.10 Å². The van der Waals surface area contributed by atoms with Gasteiger partial charge in [0, 0.05) is 6.54 Å². The molecule has 0 aliphatic carbocycles. The van der Waals surface area contributed by atoms with Gasteiger partial charge in [0.25, 0.3) is 5.91 Å². The molecule has 0 saturated carbocycles. The normalized spacial score (nSPS) is 10.1. The third-order valence-corrected chi connectivity index (χ3v) is 1.85. The lowest BCUT2D eigenvalue weighted by atomic mass is 10.4. The fourth-order valence-electron chi connectivity index (χ4n) is 1.04. The number of aryl methyl sites for hydroxylation is 1. The van der Waals surface area contributed by atoms with Gasteiger partial charge in [-0.1, -0.05) is 18.5 Å². The van der Waals surface area contributed by atoms with Crippen LogP contribution in [0.2, 0.25) is 5.02 Å². The largest absolute Gasteiger partial charge is 0.289 e. The van der Waals surface area contributed by atoms with E-state index < -0.39 is 5.91 Å². The van der Waals surface area contributed by atoms with Gasteiger partial charge in [-0.2, -0.15) is 5.10 Å². The Balaban J connectivity index is 3.01. The molecule has 1 amide bonds. The van der Waals surface area contributed by atoms with Gasteiger partial charge in [0.1, 0.15) is 5.69 Å². The average Bonchev–Trinajstić information content (AvgIpc) is 2.47. The monoisotopic (exact) mass is 202 g/mol. The Bertz CT molecular complexity index is 309. The van der Waals surface area contributed by atoms with Gasteiger partial charge in [-0.15, -0.1) is 0 Å². The first-order valence-corrected chi connectivity index (χ1v) is 4.30. The summed E-state index contributed by atoms with van der Waals surface area (Å²) in [6, 6.07) is 0.